The van der Waals surface area contributed by atoms with Gasteiger partial charge in [-0.25, -0.2) is 4.98 Å². The Bertz CT molecular complexity index is 2760. The molecular weight excluding hydrogens is 695 g/mol. The maximum Gasteiger partial charge on any atom is 0.0900 e. The molecule has 57 heavy (non-hydrogen) atoms. The molecule has 5 nitrogen and oxygen atoms in total. The van der Waals surface area contributed by atoms with E-state index in [1.807, 2.05) is 42.5 Å². The minimum Gasteiger partial charge on any atom is -0.320 e. The first kappa shape index (κ1) is 35.3. The Labute approximate surface area is 334 Å². The van der Waals surface area contributed by atoms with Crippen LogP contribution >= 0.6 is 0 Å². The maximum atomic E-state index is 5.00. The summed E-state index contributed by atoms with van der Waals surface area (Å²) < 4.78 is 2.37. The van der Waals surface area contributed by atoms with E-state index < -0.39 is 0 Å². The lowest BCUT2D eigenvalue weighted by atomic mass is 9.86. The molecule has 0 fully saturated rings. The molecular formula is C52H41N5. The van der Waals surface area contributed by atoms with Crippen LogP contribution in [0.5, 0.6) is 0 Å². The minimum absolute atomic E-state index is 0.800. The molecule has 0 atom stereocenters. The van der Waals surface area contributed by atoms with E-state index in [9.17, 15) is 0 Å². The van der Waals surface area contributed by atoms with E-state index in [1.54, 1.807) is 12.4 Å². The third-order valence-corrected chi connectivity index (χ3v) is 10.7. The summed E-state index contributed by atoms with van der Waals surface area (Å²) in [6.07, 6.45) is 20.4. The SMILES string of the molecule is C=C/C(=C\c1c(C)n(-c2cccc(-c3cc(-c4ccccn4)nc(-c4ccccn4)c3)c2)c2ccccc12)C1=CC2=C(CC1)N(c1ccccc1)/C=C\C=C/C2=C. The van der Waals surface area contributed by atoms with E-state index in [4.69, 9.17) is 4.98 Å². The zero-order chi connectivity index (χ0) is 38.7. The van der Waals surface area contributed by atoms with E-state index in [-0.39, 0.29) is 0 Å². The smallest absolute Gasteiger partial charge is 0.0900 e. The number of fused-ring (bicyclic) bond motifs is 1. The van der Waals surface area contributed by atoms with E-state index in [2.05, 4.69) is 167 Å². The number of anilines is 1. The van der Waals surface area contributed by atoms with Gasteiger partial charge in [-0.2, -0.15) is 0 Å². The molecule has 1 aliphatic carbocycles. The molecule has 7 aromatic rings. The van der Waals surface area contributed by atoms with E-state index >= 15 is 0 Å². The highest BCUT2D eigenvalue weighted by molar-refractivity contribution is 5.94. The van der Waals surface area contributed by atoms with Crippen LogP contribution in [0.1, 0.15) is 24.1 Å². The number of allylic oxidation sites excluding steroid dienone is 10. The first-order valence-electron chi connectivity index (χ1n) is 19.3. The van der Waals surface area contributed by atoms with Gasteiger partial charge < -0.3 is 9.47 Å². The summed E-state index contributed by atoms with van der Waals surface area (Å²) in [4.78, 5) is 16.5. The molecule has 5 heterocycles. The van der Waals surface area contributed by atoms with Crippen LogP contribution in [0.2, 0.25) is 0 Å². The standard InChI is InChI=1S/C52H41N5/c1-4-38(40-26-27-51-45(33-40)36(2)17-12-15-30-56(51)42-19-6-5-7-20-42)32-46-37(3)57(52-25-9-8-22-44(46)52)43-21-16-18-39(31-43)41-34-49(47-23-10-13-28-53-47)55-50(35-41)48-24-11-14-29-54-48/h4-25,28-35H,1-2,26-27H2,3H3/b17-12-,30-15-,38-32+. The number of benzene rings is 3. The zero-order valence-electron chi connectivity index (χ0n) is 31.9. The van der Waals surface area contributed by atoms with Crippen molar-refractivity contribution in [3.63, 3.8) is 0 Å². The fraction of sp³-hybridized carbons (Fsp3) is 0.0577. The van der Waals surface area contributed by atoms with Crippen molar-refractivity contribution in [1.82, 2.24) is 19.5 Å². The van der Waals surface area contributed by atoms with Crippen molar-refractivity contribution in [1.29, 1.82) is 0 Å². The molecule has 0 spiro atoms. The summed E-state index contributed by atoms with van der Waals surface area (Å²) in [5.74, 6) is 0. The van der Waals surface area contributed by atoms with E-state index in [1.165, 1.54) is 22.2 Å². The lowest BCUT2D eigenvalue weighted by Crippen LogP contribution is -2.20. The van der Waals surface area contributed by atoms with Crippen LogP contribution < -0.4 is 4.90 Å². The van der Waals surface area contributed by atoms with Gasteiger partial charge in [0, 0.05) is 57.9 Å². The van der Waals surface area contributed by atoms with Crippen molar-refractivity contribution in [2.24, 2.45) is 0 Å². The van der Waals surface area contributed by atoms with E-state index in [0.29, 0.717) is 0 Å². The molecule has 0 bridgehead atoms. The number of pyridine rings is 3. The highest BCUT2D eigenvalue weighted by atomic mass is 15.1. The number of nitrogens with zero attached hydrogens (tertiary/aromatic N) is 5. The Kier molecular flexibility index (Phi) is 9.55. The number of para-hydroxylation sites is 2. The summed E-state index contributed by atoms with van der Waals surface area (Å²) in [6.45, 7) is 11.0. The van der Waals surface area contributed by atoms with Crippen molar-refractivity contribution in [2.75, 3.05) is 4.90 Å². The normalized spacial score (nSPS) is 15.5. The van der Waals surface area contributed by atoms with Gasteiger partial charge in [0.2, 0.25) is 0 Å². The van der Waals surface area contributed by atoms with Gasteiger partial charge in [-0.15, -0.1) is 0 Å². The third-order valence-electron chi connectivity index (χ3n) is 10.7. The van der Waals surface area contributed by atoms with Crippen LogP contribution in [0, 0.1) is 6.92 Å². The van der Waals surface area contributed by atoms with Gasteiger partial charge in [0.1, 0.15) is 0 Å². The molecule has 0 unspecified atom stereocenters. The lowest BCUT2D eigenvalue weighted by molar-refractivity contribution is 0.868. The Morgan fingerprint density at radius 1 is 0.684 bits per heavy atom. The molecule has 0 N–H and O–H groups in total. The maximum absolute atomic E-state index is 5.00. The molecule has 5 heteroatoms. The molecule has 0 saturated carbocycles. The predicted octanol–water partition coefficient (Wildman–Crippen LogP) is 12.8. The highest BCUT2D eigenvalue weighted by Gasteiger charge is 2.23. The van der Waals surface area contributed by atoms with Crippen molar-refractivity contribution in [3.8, 4) is 39.6 Å². The third kappa shape index (κ3) is 6.92. The van der Waals surface area contributed by atoms with Crippen LogP contribution in [0.4, 0.5) is 5.69 Å². The van der Waals surface area contributed by atoms with Gasteiger partial charge in [0.15, 0.2) is 0 Å². The molecule has 1 aliphatic heterocycles. The Hall–Kier alpha value is -7.37. The molecule has 0 saturated heterocycles. The molecule has 4 aromatic heterocycles. The first-order valence-corrected chi connectivity index (χ1v) is 19.3. The molecule has 274 valence electrons. The van der Waals surface area contributed by atoms with Crippen molar-refractivity contribution < 1.29 is 0 Å². The van der Waals surface area contributed by atoms with Crippen LogP contribution in [-0.4, -0.2) is 19.5 Å². The molecule has 2 aliphatic rings. The van der Waals surface area contributed by atoms with Gasteiger partial charge in [-0.05, 0) is 133 Å². The van der Waals surface area contributed by atoms with Crippen LogP contribution in [0.3, 0.4) is 0 Å². The average Bonchev–Trinajstić information content (AvgIpc) is 3.55. The van der Waals surface area contributed by atoms with Crippen LogP contribution in [0.25, 0.3) is 56.6 Å². The quantitative estimate of drug-likeness (QED) is 0.146. The second-order valence-electron chi connectivity index (χ2n) is 14.2. The first-order chi connectivity index (χ1) is 28.1. The predicted molar refractivity (Wildman–Crippen MR) is 237 cm³/mol. The number of rotatable bonds is 8. The lowest BCUT2D eigenvalue weighted by Gasteiger charge is -2.31. The van der Waals surface area contributed by atoms with Gasteiger partial charge in [0.05, 0.1) is 28.3 Å². The Morgan fingerprint density at radius 3 is 2.11 bits per heavy atom. The Balaban J connectivity index is 1.14. The topological polar surface area (TPSA) is 46.8 Å². The second kappa shape index (κ2) is 15.4. The summed E-state index contributed by atoms with van der Waals surface area (Å²) >= 11 is 0. The number of hydrogen-bond acceptors (Lipinski definition) is 4. The van der Waals surface area contributed by atoms with Crippen LogP contribution in [-0.2, 0) is 0 Å². The fourth-order valence-electron chi connectivity index (χ4n) is 7.95. The molecule has 0 radical (unpaired) electrons. The van der Waals surface area contributed by atoms with Gasteiger partial charge >= 0.3 is 0 Å². The molecule has 0 amide bonds. The largest absolute Gasteiger partial charge is 0.320 e. The van der Waals surface area contributed by atoms with Crippen LogP contribution in [0.15, 0.2) is 218 Å². The average molecular weight is 736 g/mol. The minimum atomic E-state index is 0.800. The van der Waals surface area contributed by atoms with Crippen molar-refractivity contribution in [3.05, 3.63) is 229 Å². The highest BCUT2D eigenvalue weighted by Crippen LogP contribution is 2.39. The summed E-state index contributed by atoms with van der Waals surface area (Å²) in [7, 11) is 0. The van der Waals surface area contributed by atoms with Crippen molar-refractivity contribution >= 4 is 22.7 Å². The Morgan fingerprint density at radius 2 is 1.39 bits per heavy atom. The number of aromatic nitrogens is 4. The van der Waals surface area contributed by atoms with Gasteiger partial charge in [-0.3, -0.25) is 9.97 Å². The summed E-state index contributed by atoms with van der Waals surface area (Å²) in [5, 5.41) is 1.19. The second-order valence-corrected chi connectivity index (χ2v) is 14.2. The van der Waals surface area contributed by atoms with Gasteiger partial charge in [-0.1, -0.05) is 92.0 Å². The zero-order valence-corrected chi connectivity index (χ0v) is 31.9. The van der Waals surface area contributed by atoms with Crippen molar-refractivity contribution in [2.45, 2.75) is 19.8 Å². The summed E-state index contributed by atoms with van der Waals surface area (Å²) in [5.41, 5.74) is 16.8. The van der Waals surface area contributed by atoms with E-state index in [0.717, 1.165) is 86.0 Å². The fourth-order valence-corrected chi connectivity index (χ4v) is 7.95. The monoisotopic (exact) mass is 735 g/mol. The molecule has 3 aromatic carbocycles. The molecule has 9 rings (SSSR count). The number of hydrogen-bond donors (Lipinski definition) is 0. The van der Waals surface area contributed by atoms with Gasteiger partial charge in [0.25, 0.3) is 0 Å². The summed E-state index contributed by atoms with van der Waals surface area (Å²) in [6, 6.07) is 44.0.